The number of sulfone groups is 1. The van der Waals surface area contributed by atoms with Crippen molar-refractivity contribution >= 4 is 26.7 Å². The lowest BCUT2D eigenvalue weighted by molar-refractivity contribution is -0.121. The third-order valence-corrected chi connectivity index (χ3v) is 5.99. The predicted octanol–water partition coefficient (Wildman–Crippen LogP) is -0.376. The second-order valence-corrected chi connectivity index (χ2v) is 8.32. The second-order valence-electron chi connectivity index (χ2n) is 6.17. The monoisotopic (exact) mass is 367 g/mol. The fourth-order valence-corrected chi connectivity index (χ4v) is 4.71. The molecule has 2 aromatic rings. The molecule has 1 saturated heterocycles. The first-order chi connectivity index (χ1) is 11.7. The maximum absolute atomic E-state index is 12.2. The molecule has 1 aromatic carbocycles. The van der Waals surface area contributed by atoms with Crippen LogP contribution in [0.2, 0.25) is 0 Å². The Kier molecular flexibility index (Phi) is 4.29. The quantitative estimate of drug-likeness (QED) is 0.630. The van der Waals surface area contributed by atoms with Gasteiger partial charge in [-0.3, -0.25) is 4.79 Å². The van der Waals surface area contributed by atoms with Crippen LogP contribution in [0.15, 0.2) is 27.4 Å². The van der Waals surface area contributed by atoms with Gasteiger partial charge in [0, 0.05) is 11.5 Å². The summed E-state index contributed by atoms with van der Waals surface area (Å²) in [6.45, 7) is 1.66. The Labute approximate surface area is 143 Å². The number of aliphatic hydroxyl groups excluding tert-OH is 1. The summed E-state index contributed by atoms with van der Waals surface area (Å²) in [5.74, 6) is -1.34. The number of fused-ring (bicyclic) bond motifs is 1. The van der Waals surface area contributed by atoms with Crippen molar-refractivity contribution in [3.63, 3.8) is 0 Å². The molecule has 3 rings (SSSR count). The summed E-state index contributed by atoms with van der Waals surface area (Å²) in [7, 11) is -3.38. The molecule has 1 aliphatic heterocycles. The highest BCUT2D eigenvalue weighted by atomic mass is 32.2. The molecule has 1 aliphatic rings. The van der Waals surface area contributed by atoms with E-state index in [2.05, 4.69) is 5.32 Å². The number of hydrogen-bond acceptors (Lipinski definition) is 7. The molecule has 134 valence electrons. The summed E-state index contributed by atoms with van der Waals surface area (Å²) in [5, 5.41) is 22.2. The smallest absolute Gasteiger partial charge is 0.340 e. The molecule has 0 radical (unpaired) electrons. The van der Waals surface area contributed by atoms with Crippen LogP contribution in [0.25, 0.3) is 11.0 Å². The van der Waals surface area contributed by atoms with Crippen molar-refractivity contribution in [2.45, 2.75) is 25.5 Å². The van der Waals surface area contributed by atoms with Crippen LogP contribution in [-0.2, 0) is 21.1 Å². The van der Waals surface area contributed by atoms with Crippen LogP contribution in [0.1, 0.15) is 11.1 Å². The molecule has 0 saturated carbocycles. The van der Waals surface area contributed by atoms with Crippen LogP contribution in [0.5, 0.6) is 5.75 Å². The topological polar surface area (TPSA) is 134 Å². The first-order valence-corrected chi connectivity index (χ1v) is 9.41. The first-order valence-electron chi connectivity index (χ1n) is 7.59. The summed E-state index contributed by atoms with van der Waals surface area (Å²) >= 11 is 0. The Balaban J connectivity index is 1.84. The van der Waals surface area contributed by atoms with Gasteiger partial charge in [0.15, 0.2) is 9.84 Å². The van der Waals surface area contributed by atoms with Gasteiger partial charge in [0.1, 0.15) is 11.3 Å². The number of amides is 1. The number of aromatic hydroxyl groups is 1. The van der Waals surface area contributed by atoms with Crippen LogP contribution in [0.4, 0.5) is 0 Å². The summed E-state index contributed by atoms with van der Waals surface area (Å²) in [6, 6.07) is 3.45. The van der Waals surface area contributed by atoms with Gasteiger partial charge in [-0.1, -0.05) is 0 Å². The molecule has 0 bridgehead atoms. The minimum atomic E-state index is -3.38. The van der Waals surface area contributed by atoms with Gasteiger partial charge in [0.05, 0.1) is 35.6 Å². The maximum Gasteiger partial charge on any atom is 0.340 e. The molecule has 1 fully saturated rings. The lowest BCUT2D eigenvalue weighted by Gasteiger charge is -2.15. The molecule has 2 atom stereocenters. The van der Waals surface area contributed by atoms with Gasteiger partial charge in [-0.15, -0.1) is 0 Å². The summed E-state index contributed by atoms with van der Waals surface area (Å²) in [4.78, 5) is 24.3. The van der Waals surface area contributed by atoms with Crippen molar-refractivity contribution < 1.29 is 27.8 Å². The van der Waals surface area contributed by atoms with E-state index in [1.54, 1.807) is 13.0 Å². The predicted molar refractivity (Wildman–Crippen MR) is 89.2 cm³/mol. The molecule has 2 heterocycles. The van der Waals surface area contributed by atoms with E-state index < -0.39 is 39.3 Å². The number of carbonyl (C=O) groups is 1. The maximum atomic E-state index is 12.2. The Hall–Kier alpha value is -2.39. The summed E-state index contributed by atoms with van der Waals surface area (Å²) < 4.78 is 28.1. The molecule has 0 spiro atoms. The Bertz CT molecular complexity index is 1010. The number of phenols is 1. The molecular formula is C16H17NO7S. The van der Waals surface area contributed by atoms with Gasteiger partial charge < -0.3 is 19.9 Å². The van der Waals surface area contributed by atoms with E-state index in [-0.39, 0.29) is 29.1 Å². The van der Waals surface area contributed by atoms with Gasteiger partial charge in [0.25, 0.3) is 0 Å². The number of rotatable bonds is 3. The van der Waals surface area contributed by atoms with Crippen molar-refractivity contribution in [1.82, 2.24) is 5.32 Å². The highest BCUT2D eigenvalue weighted by molar-refractivity contribution is 7.91. The highest BCUT2D eigenvalue weighted by Crippen LogP contribution is 2.23. The van der Waals surface area contributed by atoms with Crippen LogP contribution >= 0.6 is 0 Å². The second kappa shape index (κ2) is 6.16. The first kappa shape index (κ1) is 17.4. The molecule has 1 aromatic heterocycles. The molecule has 0 unspecified atom stereocenters. The largest absolute Gasteiger partial charge is 0.508 e. The summed E-state index contributed by atoms with van der Waals surface area (Å²) in [5.41, 5.74) is 0.196. The number of phenolic OH excluding ortho intramolecular Hbond substituents is 1. The minimum absolute atomic E-state index is 0.0445. The standard InChI is InChI=1S/C16H17NO7S/c1-8-10-3-2-9(18)4-14(10)24-16(21)11(8)5-15(20)17-12-6-25(22,23)7-13(12)19/h2-4,12-13,18-19H,5-7H2,1H3,(H,17,20)/t12-,13+/m1/s1. The average Bonchev–Trinajstić information content (AvgIpc) is 2.75. The lowest BCUT2D eigenvalue weighted by atomic mass is 10.0. The zero-order chi connectivity index (χ0) is 18.4. The summed E-state index contributed by atoms with van der Waals surface area (Å²) in [6.07, 6.45) is -1.46. The number of aryl methyl sites for hydroxylation is 1. The zero-order valence-corrected chi connectivity index (χ0v) is 14.2. The molecule has 25 heavy (non-hydrogen) atoms. The van der Waals surface area contributed by atoms with E-state index in [9.17, 15) is 28.2 Å². The third kappa shape index (κ3) is 3.52. The van der Waals surface area contributed by atoms with E-state index in [1.807, 2.05) is 0 Å². The van der Waals surface area contributed by atoms with E-state index >= 15 is 0 Å². The van der Waals surface area contributed by atoms with Crippen molar-refractivity contribution in [2.75, 3.05) is 11.5 Å². The van der Waals surface area contributed by atoms with Crippen molar-refractivity contribution in [3.05, 3.63) is 39.7 Å². The number of hydrogen-bond donors (Lipinski definition) is 3. The number of carbonyl (C=O) groups excluding carboxylic acids is 1. The Morgan fingerprint density at radius 1 is 1.36 bits per heavy atom. The average molecular weight is 367 g/mol. The zero-order valence-electron chi connectivity index (χ0n) is 13.4. The fourth-order valence-electron chi connectivity index (χ4n) is 2.97. The van der Waals surface area contributed by atoms with Gasteiger partial charge >= 0.3 is 5.63 Å². The molecule has 1 amide bonds. The van der Waals surface area contributed by atoms with E-state index in [0.717, 1.165) is 0 Å². The van der Waals surface area contributed by atoms with Crippen LogP contribution in [0, 0.1) is 6.92 Å². The lowest BCUT2D eigenvalue weighted by Crippen LogP contribution is -2.43. The number of nitrogens with one attached hydrogen (secondary N) is 1. The van der Waals surface area contributed by atoms with E-state index in [4.69, 9.17) is 4.42 Å². The molecule has 3 N–H and O–H groups in total. The molecule has 0 aliphatic carbocycles. The van der Waals surface area contributed by atoms with Gasteiger partial charge in [-0.2, -0.15) is 0 Å². The Morgan fingerprint density at radius 3 is 2.72 bits per heavy atom. The molecule has 9 heteroatoms. The van der Waals surface area contributed by atoms with Gasteiger partial charge in [0.2, 0.25) is 5.91 Å². The minimum Gasteiger partial charge on any atom is -0.508 e. The fraction of sp³-hybridized carbons (Fsp3) is 0.375. The van der Waals surface area contributed by atoms with E-state index in [0.29, 0.717) is 10.9 Å². The van der Waals surface area contributed by atoms with Crippen molar-refractivity contribution in [1.29, 1.82) is 0 Å². The SMILES string of the molecule is Cc1c(CC(=O)N[C@@H]2CS(=O)(=O)C[C@@H]2O)c(=O)oc2cc(O)ccc12. The molecular weight excluding hydrogens is 350 g/mol. The third-order valence-electron chi connectivity index (χ3n) is 4.28. The van der Waals surface area contributed by atoms with Crippen molar-refractivity contribution in [3.8, 4) is 5.75 Å². The highest BCUT2D eigenvalue weighted by Gasteiger charge is 2.37. The van der Waals surface area contributed by atoms with Gasteiger partial charge in [-0.25, -0.2) is 13.2 Å². The number of benzene rings is 1. The van der Waals surface area contributed by atoms with Gasteiger partial charge in [-0.05, 0) is 24.6 Å². The number of aliphatic hydroxyl groups is 1. The van der Waals surface area contributed by atoms with Crippen LogP contribution < -0.4 is 10.9 Å². The van der Waals surface area contributed by atoms with Crippen LogP contribution in [-0.4, -0.2) is 48.2 Å². The normalized spacial score (nSPS) is 22.2. The Morgan fingerprint density at radius 2 is 2.08 bits per heavy atom. The van der Waals surface area contributed by atoms with Crippen molar-refractivity contribution in [2.24, 2.45) is 0 Å². The van der Waals surface area contributed by atoms with Crippen LogP contribution in [0.3, 0.4) is 0 Å². The van der Waals surface area contributed by atoms with E-state index in [1.165, 1.54) is 12.1 Å². The molecule has 8 nitrogen and oxygen atoms in total.